The van der Waals surface area contributed by atoms with Crippen molar-refractivity contribution >= 4 is 15.9 Å². The molecule has 1 saturated carbocycles. The van der Waals surface area contributed by atoms with Gasteiger partial charge < -0.3 is 10.8 Å². The molecule has 0 saturated heterocycles. The lowest BCUT2D eigenvalue weighted by Gasteiger charge is -2.41. The Morgan fingerprint density at radius 3 is 2.78 bits per heavy atom. The molecule has 1 aromatic rings. The molecule has 2 rings (SSSR count). The van der Waals surface area contributed by atoms with Gasteiger partial charge in [-0.2, -0.15) is 0 Å². The molecule has 0 aliphatic heterocycles. The zero-order valence-electron chi connectivity index (χ0n) is 10.3. The van der Waals surface area contributed by atoms with Crippen molar-refractivity contribution in [3.05, 3.63) is 34.1 Å². The molecule has 0 radical (unpaired) electrons. The van der Waals surface area contributed by atoms with Gasteiger partial charge in [-0.15, -0.1) is 0 Å². The van der Waals surface area contributed by atoms with Crippen LogP contribution in [0.25, 0.3) is 0 Å². The Balaban J connectivity index is 2.23. The molecule has 2 atom stereocenters. The van der Waals surface area contributed by atoms with E-state index in [2.05, 4.69) is 15.9 Å². The standard InChI is InChI=1S/C14H19BrFNO/c15-11-5-10(6-12(16)7-11)8-14(9-17)4-2-1-3-13(14)18/h5-7,13,18H,1-4,8-9,17H2. The molecule has 0 spiro atoms. The first-order chi connectivity index (χ1) is 8.55. The normalized spacial score (nSPS) is 28.3. The van der Waals surface area contributed by atoms with E-state index < -0.39 is 0 Å². The van der Waals surface area contributed by atoms with Crippen molar-refractivity contribution in [2.75, 3.05) is 6.54 Å². The van der Waals surface area contributed by atoms with Crippen LogP contribution in [0.4, 0.5) is 4.39 Å². The van der Waals surface area contributed by atoms with Gasteiger partial charge in [-0.05, 0) is 43.0 Å². The molecule has 4 heteroatoms. The van der Waals surface area contributed by atoms with Crippen LogP contribution in [0.1, 0.15) is 31.2 Å². The molecular formula is C14H19BrFNO. The van der Waals surface area contributed by atoms with Crippen molar-refractivity contribution in [1.82, 2.24) is 0 Å². The lowest BCUT2D eigenvalue weighted by molar-refractivity contribution is -0.00589. The zero-order valence-corrected chi connectivity index (χ0v) is 11.9. The van der Waals surface area contributed by atoms with Crippen molar-refractivity contribution in [1.29, 1.82) is 0 Å². The van der Waals surface area contributed by atoms with Crippen LogP contribution in [-0.4, -0.2) is 17.8 Å². The fourth-order valence-corrected chi connectivity index (χ4v) is 3.44. The third-order valence-electron chi connectivity index (χ3n) is 3.99. The monoisotopic (exact) mass is 315 g/mol. The van der Waals surface area contributed by atoms with Gasteiger partial charge in [0.25, 0.3) is 0 Å². The molecule has 1 aliphatic rings. The maximum Gasteiger partial charge on any atom is 0.124 e. The van der Waals surface area contributed by atoms with Gasteiger partial charge in [0.05, 0.1) is 6.10 Å². The van der Waals surface area contributed by atoms with Gasteiger partial charge in [0.2, 0.25) is 0 Å². The molecule has 0 bridgehead atoms. The molecular weight excluding hydrogens is 297 g/mol. The van der Waals surface area contributed by atoms with Crippen molar-refractivity contribution in [2.24, 2.45) is 11.1 Å². The lowest BCUT2D eigenvalue weighted by atomic mass is 9.68. The first-order valence-electron chi connectivity index (χ1n) is 6.39. The third kappa shape index (κ3) is 2.92. The summed E-state index contributed by atoms with van der Waals surface area (Å²) in [6, 6.07) is 4.88. The smallest absolute Gasteiger partial charge is 0.124 e. The van der Waals surface area contributed by atoms with Crippen LogP contribution >= 0.6 is 15.9 Å². The minimum atomic E-state index is -0.377. The molecule has 3 N–H and O–H groups in total. The van der Waals surface area contributed by atoms with E-state index in [-0.39, 0.29) is 17.3 Å². The summed E-state index contributed by atoms with van der Waals surface area (Å²) >= 11 is 3.30. The van der Waals surface area contributed by atoms with Crippen LogP contribution in [0, 0.1) is 11.2 Å². The van der Waals surface area contributed by atoms with Crippen LogP contribution in [0.5, 0.6) is 0 Å². The highest BCUT2D eigenvalue weighted by molar-refractivity contribution is 9.10. The number of halogens is 2. The minimum absolute atomic E-state index is 0.253. The summed E-state index contributed by atoms with van der Waals surface area (Å²) in [6.07, 6.45) is 4.12. The average Bonchev–Trinajstić information content (AvgIpc) is 2.31. The molecule has 1 aromatic carbocycles. The maximum absolute atomic E-state index is 13.4. The second-order valence-corrected chi connectivity index (χ2v) is 6.20. The lowest BCUT2D eigenvalue weighted by Crippen LogP contribution is -2.45. The number of hydrogen-bond donors (Lipinski definition) is 2. The maximum atomic E-state index is 13.4. The summed E-state index contributed by atoms with van der Waals surface area (Å²) < 4.78 is 14.1. The topological polar surface area (TPSA) is 46.2 Å². The van der Waals surface area contributed by atoms with E-state index in [9.17, 15) is 9.50 Å². The Morgan fingerprint density at radius 2 is 2.17 bits per heavy atom. The van der Waals surface area contributed by atoms with Crippen LogP contribution in [0.3, 0.4) is 0 Å². The van der Waals surface area contributed by atoms with E-state index in [4.69, 9.17) is 5.73 Å². The van der Waals surface area contributed by atoms with Crippen LogP contribution in [0.2, 0.25) is 0 Å². The van der Waals surface area contributed by atoms with Gasteiger partial charge in [0, 0.05) is 16.4 Å². The van der Waals surface area contributed by atoms with Gasteiger partial charge in [0.1, 0.15) is 5.82 Å². The van der Waals surface area contributed by atoms with Gasteiger partial charge in [-0.3, -0.25) is 0 Å². The second kappa shape index (κ2) is 5.68. The quantitative estimate of drug-likeness (QED) is 0.900. The Bertz CT molecular complexity index is 406. The van der Waals surface area contributed by atoms with Gasteiger partial charge in [-0.25, -0.2) is 4.39 Å². The molecule has 2 unspecified atom stereocenters. The summed E-state index contributed by atoms with van der Waals surface area (Å²) in [6.45, 7) is 0.447. The van der Waals surface area contributed by atoms with E-state index in [0.717, 1.165) is 35.7 Å². The fourth-order valence-electron chi connectivity index (χ4n) is 2.92. The summed E-state index contributed by atoms with van der Waals surface area (Å²) in [7, 11) is 0. The van der Waals surface area contributed by atoms with E-state index in [0.29, 0.717) is 13.0 Å². The van der Waals surface area contributed by atoms with E-state index in [1.807, 2.05) is 6.07 Å². The van der Waals surface area contributed by atoms with Crippen molar-refractivity contribution in [3.8, 4) is 0 Å². The van der Waals surface area contributed by atoms with Gasteiger partial charge >= 0.3 is 0 Å². The summed E-state index contributed by atoms with van der Waals surface area (Å²) in [5.41, 5.74) is 6.50. The Morgan fingerprint density at radius 1 is 1.39 bits per heavy atom. The Hall–Kier alpha value is -0.450. The number of rotatable bonds is 3. The van der Waals surface area contributed by atoms with E-state index in [1.54, 1.807) is 0 Å². The molecule has 0 amide bonds. The number of aliphatic hydroxyl groups excluding tert-OH is 1. The summed E-state index contributed by atoms with van der Waals surface area (Å²) in [5.74, 6) is -0.253. The third-order valence-corrected chi connectivity index (χ3v) is 4.45. The van der Waals surface area contributed by atoms with Crippen molar-refractivity contribution in [3.63, 3.8) is 0 Å². The van der Waals surface area contributed by atoms with Gasteiger partial charge in [0.15, 0.2) is 0 Å². The average molecular weight is 316 g/mol. The summed E-state index contributed by atoms with van der Waals surface area (Å²) in [4.78, 5) is 0. The summed E-state index contributed by atoms with van der Waals surface area (Å²) in [5, 5.41) is 10.2. The van der Waals surface area contributed by atoms with Crippen LogP contribution in [-0.2, 0) is 6.42 Å². The SMILES string of the molecule is NCC1(Cc2cc(F)cc(Br)c2)CCCCC1O. The van der Waals surface area contributed by atoms with Crippen LogP contribution in [0.15, 0.2) is 22.7 Å². The Kier molecular flexibility index (Phi) is 4.41. The largest absolute Gasteiger partial charge is 0.392 e. The highest BCUT2D eigenvalue weighted by atomic mass is 79.9. The Labute approximate surface area is 116 Å². The van der Waals surface area contributed by atoms with E-state index in [1.165, 1.54) is 12.1 Å². The first kappa shape index (κ1) is 14.0. The molecule has 1 fully saturated rings. The highest BCUT2D eigenvalue weighted by Crippen LogP contribution is 2.39. The van der Waals surface area contributed by atoms with Crippen molar-refractivity contribution < 1.29 is 9.50 Å². The molecule has 0 aromatic heterocycles. The number of benzene rings is 1. The zero-order chi connectivity index (χ0) is 13.2. The molecule has 18 heavy (non-hydrogen) atoms. The highest BCUT2D eigenvalue weighted by Gasteiger charge is 2.38. The fraction of sp³-hybridized carbons (Fsp3) is 0.571. The molecule has 0 heterocycles. The number of hydrogen-bond acceptors (Lipinski definition) is 2. The molecule has 1 aliphatic carbocycles. The molecule has 2 nitrogen and oxygen atoms in total. The minimum Gasteiger partial charge on any atom is -0.392 e. The van der Waals surface area contributed by atoms with E-state index >= 15 is 0 Å². The van der Waals surface area contributed by atoms with Crippen LogP contribution < -0.4 is 5.73 Å². The number of nitrogens with two attached hydrogens (primary N) is 1. The van der Waals surface area contributed by atoms with Gasteiger partial charge in [-0.1, -0.05) is 28.8 Å². The molecule has 100 valence electrons. The first-order valence-corrected chi connectivity index (χ1v) is 7.18. The number of aliphatic hydroxyl groups is 1. The predicted molar refractivity (Wildman–Crippen MR) is 73.8 cm³/mol. The predicted octanol–water partition coefficient (Wildman–Crippen LogP) is 3.01. The van der Waals surface area contributed by atoms with Crippen molar-refractivity contribution in [2.45, 2.75) is 38.2 Å². The second-order valence-electron chi connectivity index (χ2n) is 5.28.